The maximum atomic E-state index is 11.6. The quantitative estimate of drug-likeness (QED) is 0.203. The van der Waals surface area contributed by atoms with E-state index >= 15 is 0 Å². The topological polar surface area (TPSA) is 104 Å². The van der Waals surface area contributed by atoms with Crippen LogP contribution >= 0.6 is 0 Å². The number of nitrogens with zero attached hydrogens (tertiary/aromatic N) is 1. The lowest BCUT2D eigenvalue weighted by atomic mass is 10.1. The molecule has 1 atom stereocenters. The monoisotopic (exact) mass is 353 g/mol. The smallest absolute Gasteiger partial charge is 0.267 e. The Morgan fingerprint density at radius 2 is 1.65 bits per heavy atom. The highest BCUT2D eigenvalue weighted by atomic mass is 32.2. The minimum absolute atomic E-state index is 0.0354. The molecular formula is C15H33N2O5S+. The standard InChI is InChI=1S/C15H32N2O5S/c1-14(23(20,21)22)10-7-5-4-6-8-11-15(18)16-12-9-13-17(2,3)19/h14,19H,4-13H2,1-3H3,(H-,16,18,20,21,22)/p+1. The summed E-state index contributed by atoms with van der Waals surface area (Å²) in [5.74, 6) is 0.0354. The zero-order valence-corrected chi connectivity index (χ0v) is 15.4. The van der Waals surface area contributed by atoms with Gasteiger partial charge >= 0.3 is 0 Å². The maximum Gasteiger partial charge on any atom is 0.267 e. The first kappa shape index (κ1) is 22.3. The molecule has 3 N–H and O–H groups in total. The van der Waals surface area contributed by atoms with E-state index in [1.807, 2.05) is 0 Å². The summed E-state index contributed by atoms with van der Waals surface area (Å²) in [4.78, 5) is 11.6. The number of hydrogen-bond acceptors (Lipinski definition) is 4. The Morgan fingerprint density at radius 3 is 2.22 bits per heavy atom. The average Bonchev–Trinajstić information content (AvgIpc) is 2.40. The van der Waals surface area contributed by atoms with Gasteiger partial charge in [0, 0.05) is 19.4 Å². The average molecular weight is 354 g/mol. The van der Waals surface area contributed by atoms with Gasteiger partial charge in [-0.25, -0.2) is 5.21 Å². The Bertz CT molecular complexity index is 432. The van der Waals surface area contributed by atoms with E-state index in [9.17, 15) is 18.4 Å². The van der Waals surface area contributed by atoms with Crippen molar-refractivity contribution in [2.45, 2.75) is 63.5 Å². The molecule has 0 fully saturated rings. The molecule has 1 unspecified atom stereocenters. The number of rotatable bonds is 13. The Kier molecular flexibility index (Phi) is 10.6. The number of quaternary nitrogens is 1. The number of carbonyl (C=O) groups excluding carboxylic acids is 1. The van der Waals surface area contributed by atoms with E-state index in [1.54, 1.807) is 14.1 Å². The van der Waals surface area contributed by atoms with Crippen molar-refractivity contribution in [3.05, 3.63) is 0 Å². The number of hydrogen-bond donors (Lipinski definition) is 3. The fraction of sp³-hybridized carbons (Fsp3) is 0.933. The summed E-state index contributed by atoms with van der Waals surface area (Å²) in [6.45, 7) is 2.69. The summed E-state index contributed by atoms with van der Waals surface area (Å²) in [6, 6.07) is 0. The van der Waals surface area contributed by atoms with Gasteiger partial charge in [0.1, 0.15) is 6.54 Å². The largest absolute Gasteiger partial charge is 0.356 e. The molecular weight excluding hydrogens is 320 g/mol. The van der Waals surface area contributed by atoms with E-state index in [0.29, 0.717) is 25.9 Å². The molecule has 0 spiro atoms. The Balaban J connectivity index is 3.46. The van der Waals surface area contributed by atoms with Crippen LogP contribution in [-0.2, 0) is 14.9 Å². The van der Waals surface area contributed by atoms with Gasteiger partial charge < -0.3 is 5.32 Å². The fourth-order valence-corrected chi connectivity index (χ4v) is 2.64. The highest BCUT2D eigenvalue weighted by Gasteiger charge is 2.16. The molecule has 0 aromatic rings. The zero-order chi connectivity index (χ0) is 17.9. The Morgan fingerprint density at radius 1 is 1.09 bits per heavy atom. The molecule has 1 amide bonds. The molecule has 0 aliphatic rings. The van der Waals surface area contributed by atoms with Crippen molar-refractivity contribution >= 4 is 16.0 Å². The molecule has 0 aliphatic heterocycles. The van der Waals surface area contributed by atoms with Crippen molar-refractivity contribution in [2.24, 2.45) is 0 Å². The molecule has 8 heteroatoms. The molecule has 0 rings (SSSR count). The summed E-state index contributed by atoms with van der Waals surface area (Å²) >= 11 is 0. The van der Waals surface area contributed by atoms with E-state index in [2.05, 4.69) is 5.32 Å². The second kappa shape index (κ2) is 11.0. The molecule has 0 heterocycles. The van der Waals surface area contributed by atoms with Crippen LogP contribution in [-0.4, -0.2) is 61.2 Å². The van der Waals surface area contributed by atoms with Crippen LogP contribution < -0.4 is 5.32 Å². The molecule has 0 saturated carbocycles. The van der Waals surface area contributed by atoms with Crippen molar-refractivity contribution < 1.29 is 27.6 Å². The summed E-state index contributed by atoms with van der Waals surface area (Å²) in [5, 5.41) is 11.6. The first-order chi connectivity index (χ1) is 10.5. The van der Waals surface area contributed by atoms with Crippen LogP contribution in [0.5, 0.6) is 0 Å². The van der Waals surface area contributed by atoms with Crippen LogP contribution in [0, 0.1) is 0 Å². The second-order valence-electron chi connectivity index (χ2n) is 6.68. The first-order valence-electron chi connectivity index (χ1n) is 8.31. The highest BCUT2D eigenvalue weighted by molar-refractivity contribution is 7.86. The number of hydroxylamine groups is 3. The minimum Gasteiger partial charge on any atom is -0.356 e. The third kappa shape index (κ3) is 14.6. The van der Waals surface area contributed by atoms with Gasteiger partial charge in [-0.15, -0.1) is 0 Å². The Hall–Kier alpha value is -0.700. The highest BCUT2D eigenvalue weighted by Crippen LogP contribution is 2.12. The van der Waals surface area contributed by atoms with E-state index in [0.717, 1.165) is 38.5 Å². The van der Waals surface area contributed by atoms with E-state index in [-0.39, 0.29) is 10.6 Å². The third-order valence-corrected chi connectivity index (χ3v) is 4.98. The van der Waals surface area contributed by atoms with Gasteiger partial charge in [-0.2, -0.15) is 13.1 Å². The number of unbranched alkanes of at least 4 members (excludes halogenated alkanes) is 4. The second-order valence-corrected chi connectivity index (χ2v) is 8.51. The van der Waals surface area contributed by atoms with Crippen molar-refractivity contribution in [1.29, 1.82) is 0 Å². The van der Waals surface area contributed by atoms with Gasteiger partial charge in [-0.3, -0.25) is 9.35 Å². The molecule has 0 bridgehead atoms. The van der Waals surface area contributed by atoms with Crippen LogP contribution in [0.25, 0.3) is 0 Å². The molecule has 23 heavy (non-hydrogen) atoms. The molecule has 0 aromatic carbocycles. The maximum absolute atomic E-state index is 11.6. The van der Waals surface area contributed by atoms with Gasteiger partial charge in [-0.1, -0.05) is 25.7 Å². The van der Waals surface area contributed by atoms with Crippen molar-refractivity contribution in [3.63, 3.8) is 0 Å². The molecule has 7 nitrogen and oxygen atoms in total. The predicted molar refractivity (Wildman–Crippen MR) is 89.7 cm³/mol. The normalized spacial score (nSPS) is 13.8. The minimum atomic E-state index is -3.90. The van der Waals surface area contributed by atoms with E-state index in [4.69, 9.17) is 4.55 Å². The van der Waals surface area contributed by atoms with Crippen LogP contribution in [0.1, 0.15) is 58.3 Å². The third-order valence-electron chi connectivity index (χ3n) is 3.73. The van der Waals surface area contributed by atoms with Crippen molar-refractivity contribution in [3.8, 4) is 0 Å². The summed E-state index contributed by atoms with van der Waals surface area (Å²) in [7, 11) is -0.516. The van der Waals surface area contributed by atoms with Gasteiger partial charge in [0.25, 0.3) is 10.1 Å². The lowest BCUT2D eigenvalue weighted by Gasteiger charge is -2.19. The van der Waals surface area contributed by atoms with Gasteiger partial charge in [0.2, 0.25) is 5.91 Å². The first-order valence-corrected chi connectivity index (χ1v) is 9.81. The van der Waals surface area contributed by atoms with Crippen molar-refractivity contribution in [1.82, 2.24) is 5.32 Å². The summed E-state index contributed by atoms with van der Waals surface area (Å²) in [5.41, 5.74) is 0. The van der Waals surface area contributed by atoms with E-state index < -0.39 is 15.4 Å². The lowest BCUT2D eigenvalue weighted by Crippen LogP contribution is -2.38. The molecule has 138 valence electrons. The van der Waals surface area contributed by atoms with Crippen LogP contribution in [0.4, 0.5) is 0 Å². The SMILES string of the molecule is CC(CCCCCCCC(=O)NCCC[N+](C)(C)O)S(=O)(=O)O. The number of amides is 1. The van der Waals surface area contributed by atoms with Gasteiger partial charge in [0.15, 0.2) is 0 Å². The number of carbonyl (C=O) groups is 1. The van der Waals surface area contributed by atoms with Crippen LogP contribution in [0.15, 0.2) is 0 Å². The van der Waals surface area contributed by atoms with Crippen LogP contribution in [0.2, 0.25) is 0 Å². The van der Waals surface area contributed by atoms with Crippen LogP contribution in [0.3, 0.4) is 0 Å². The Labute approximate surface area is 140 Å². The van der Waals surface area contributed by atoms with Gasteiger partial charge in [0.05, 0.1) is 19.3 Å². The van der Waals surface area contributed by atoms with Crippen molar-refractivity contribution in [2.75, 3.05) is 27.2 Å². The predicted octanol–water partition coefficient (Wildman–Crippen LogP) is 1.97. The summed E-state index contributed by atoms with van der Waals surface area (Å²) < 4.78 is 30.4. The molecule has 0 saturated heterocycles. The number of nitrogens with one attached hydrogen (secondary N) is 1. The fourth-order valence-electron chi connectivity index (χ4n) is 2.18. The molecule has 0 radical (unpaired) electrons. The lowest BCUT2D eigenvalue weighted by molar-refractivity contribution is -1.07. The van der Waals surface area contributed by atoms with E-state index in [1.165, 1.54) is 6.92 Å². The van der Waals surface area contributed by atoms with Gasteiger partial charge in [-0.05, 0) is 19.8 Å². The molecule has 0 aromatic heterocycles. The molecule has 0 aliphatic carbocycles. The zero-order valence-electron chi connectivity index (χ0n) is 14.6. The summed E-state index contributed by atoms with van der Waals surface area (Å²) in [6.07, 6.45) is 6.10.